The topological polar surface area (TPSA) is 66.9 Å². The first-order valence-corrected chi connectivity index (χ1v) is 11.4. The predicted molar refractivity (Wildman–Crippen MR) is 110 cm³/mol. The van der Waals surface area contributed by atoms with E-state index in [1.54, 1.807) is 17.0 Å². The molecule has 7 heteroatoms. The molecule has 6 nitrogen and oxygen atoms in total. The van der Waals surface area contributed by atoms with Crippen molar-refractivity contribution in [3.05, 3.63) is 59.7 Å². The minimum atomic E-state index is -3.55. The highest BCUT2D eigenvalue weighted by molar-refractivity contribution is 7.89. The van der Waals surface area contributed by atoms with Gasteiger partial charge in [0.15, 0.2) is 6.10 Å². The molecule has 0 bridgehead atoms. The van der Waals surface area contributed by atoms with E-state index in [0.29, 0.717) is 43.4 Å². The van der Waals surface area contributed by atoms with Gasteiger partial charge < -0.3 is 9.64 Å². The molecule has 0 aliphatic carbocycles. The van der Waals surface area contributed by atoms with Crippen LogP contribution in [0.25, 0.3) is 0 Å². The molecule has 1 amide bonds. The van der Waals surface area contributed by atoms with E-state index in [9.17, 15) is 13.2 Å². The lowest BCUT2D eigenvalue weighted by Gasteiger charge is -2.35. The number of sulfonamides is 1. The third kappa shape index (κ3) is 3.89. The lowest BCUT2D eigenvalue weighted by molar-refractivity contribution is -0.139. The Morgan fingerprint density at radius 3 is 2.28 bits per heavy atom. The molecule has 1 unspecified atom stereocenters. The maximum atomic E-state index is 12.9. The van der Waals surface area contributed by atoms with Crippen LogP contribution in [-0.2, 0) is 21.2 Å². The minimum Gasteiger partial charge on any atom is -0.480 e. The summed E-state index contributed by atoms with van der Waals surface area (Å²) in [6.07, 6.45) is 0.0505. The van der Waals surface area contributed by atoms with Crippen LogP contribution >= 0.6 is 0 Å². The van der Waals surface area contributed by atoms with Crippen LogP contribution in [0.1, 0.15) is 30.9 Å². The minimum absolute atomic E-state index is 0.0699. The van der Waals surface area contributed by atoms with Crippen LogP contribution in [0.15, 0.2) is 53.4 Å². The molecule has 1 fully saturated rings. The number of piperazine rings is 1. The summed E-state index contributed by atoms with van der Waals surface area (Å²) in [5.74, 6) is 1.04. The molecule has 4 rings (SSSR count). The fourth-order valence-corrected chi connectivity index (χ4v) is 5.27. The molecule has 29 heavy (non-hydrogen) atoms. The summed E-state index contributed by atoms with van der Waals surface area (Å²) in [7, 11) is -3.55. The molecule has 2 aliphatic heterocycles. The van der Waals surface area contributed by atoms with Gasteiger partial charge in [0.05, 0.1) is 4.90 Å². The lowest BCUT2D eigenvalue weighted by Crippen LogP contribution is -2.53. The van der Waals surface area contributed by atoms with Crippen LogP contribution in [0.2, 0.25) is 0 Å². The maximum Gasteiger partial charge on any atom is 0.264 e. The molecule has 0 N–H and O–H groups in total. The molecule has 0 saturated carbocycles. The molecule has 2 aromatic carbocycles. The van der Waals surface area contributed by atoms with Gasteiger partial charge in [0.1, 0.15) is 5.75 Å². The normalized spacial score (nSPS) is 19.8. The van der Waals surface area contributed by atoms with Crippen molar-refractivity contribution in [1.29, 1.82) is 0 Å². The zero-order chi connectivity index (χ0) is 20.6. The second-order valence-electron chi connectivity index (χ2n) is 7.87. The van der Waals surface area contributed by atoms with Gasteiger partial charge in [0, 0.05) is 32.6 Å². The Labute approximate surface area is 172 Å². The first-order valence-electron chi connectivity index (χ1n) is 10.00. The average Bonchev–Trinajstić information content (AvgIpc) is 3.17. The van der Waals surface area contributed by atoms with Crippen LogP contribution in [0.4, 0.5) is 0 Å². The fraction of sp³-hybridized carbons (Fsp3) is 0.409. The fourth-order valence-electron chi connectivity index (χ4n) is 3.85. The Balaban J connectivity index is 1.38. The van der Waals surface area contributed by atoms with E-state index in [2.05, 4.69) is 13.8 Å². The van der Waals surface area contributed by atoms with E-state index in [1.807, 2.05) is 36.4 Å². The molecule has 0 aromatic heterocycles. The van der Waals surface area contributed by atoms with Gasteiger partial charge in [0.2, 0.25) is 10.0 Å². The number of fused-ring (bicyclic) bond motifs is 1. The summed E-state index contributed by atoms with van der Waals surface area (Å²) in [5, 5.41) is 0. The molecule has 0 radical (unpaired) electrons. The third-order valence-corrected chi connectivity index (χ3v) is 7.57. The Morgan fingerprint density at radius 1 is 1.00 bits per heavy atom. The van der Waals surface area contributed by atoms with E-state index >= 15 is 0 Å². The van der Waals surface area contributed by atoms with Crippen molar-refractivity contribution < 1.29 is 17.9 Å². The number of nitrogens with zero attached hydrogens (tertiary/aromatic N) is 2. The van der Waals surface area contributed by atoms with E-state index < -0.39 is 16.1 Å². The second kappa shape index (κ2) is 7.80. The van der Waals surface area contributed by atoms with Gasteiger partial charge in [0.25, 0.3) is 5.91 Å². The Bertz CT molecular complexity index is 969. The van der Waals surface area contributed by atoms with E-state index in [4.69, 9.17) is 4.74 Å². The van der Waals surface area contributed by atoms with Gasteiger partial charge in [-0.3, -0.25) is 4.79 Å². The summed E-state index contributed by atoms with van der Waals surface area (Å²) in [6.45, 7) is 5.48. The van der Waals surface area contributed by atoms with Gasteiger partial charge in [-0.2, -0.15) is 4.31 Å². The van der Waals surface area contributed by atoms with Crippen LogP contribution in [-0.4, -0.2) is 55.8 Å². The summed E-state index contributed by atoms with van der Waals surface area (Å²) in [5.41, 5.74) is 2.15. The second-order valence-corrected chi connectivity index (χ2v) is 9.81. The number of carbonyl (C=O) groups is 1. The van der Waals surface area contributed by atoms with Crippen LogP contribution in [0.3, 0.4) is 0 Å². The van der Waals surface area contributed by atoms with Gasteiger partial charge in [-0.1, -0.05) is 44.2 Å². The number of benzene rings is 2. The van der Waals surface area contributed by atoms with Crippen molar-refractivity contribution in [1.82, 2.24) is 9.21 Å². The van der Waals surface area contributed by atoms with Crippen molar-refractivity contribution in [3.63, 3.8) is 0 Å². The molecule has 154 valence electrons. The Hall–Kier alpha value is -2.38. The monoisotopic (exact) mass is 414 g/mol. The van der Waals surface area contributed by atoms with Gasteiger partial charge in [-0.25, -0.2) is 8.42 Å². The van der Waals surface area contributed by atoms with Gasteiger partial charge in [-0.15, -0.1) is 0 Å². The molecule has 2 aliphatic rings. The quantitative estimate of drug-likeness (QED) is 0.771. The van der Waals surface area contributed by atoms with Crippen molar-refractivity contribution in [2.24, 2.45) is 0 Å². The van der Waals surface area contributed by atoms with Crippen molar-refractivity contribution in [3.8, 4) is 5.75 Å². The van der Waals surface area contributed by atoms with Crippen molar-refractivity contribution >= 4 is 15.9 Å². The number of ether oxygens (including phenoxy) is 1. The summed E-state index contributed by atoms with van der Waals surface area (Å²) in [6, 6.07) is 14.8. The molecule has 2 heterocycles. The van der Waals surface area contributed by atoms with Gasteiger partial charge >= 0.3 is 0 Å². The first kappa shape index (κ1) is 19.9. The molecule has 1 saturated heterocycles. The molecule has 2 aromatic rings. The molecular formula is C22H26N2O4S. The molecule has 0 spiro atoms. The lowest BCUT2D eigenvalue weighted by atomic mass is 10.0. The highest BCUT2D eigenvalue weighted by Gasteiger charge is 2.36. The predicted octanol–water partition coefficient (Wildman–Crippen LogP) is 2.65. The SMILES string of the molecule is CC(C)c1ccc(S(=O)(=O)N2CCN(C(=O)C3Cc4ccccc4O3)CC2)cc1. The first-order chi connectivity index (χ1) is 13.9. The zero-order valence-corrected chi connectivity index (χ0v) is 17.6. The maximum absolute atomic E-state index is 12.9. The van der Waals surface area contributed by atoms with E-state index in [-0.39, 0.29) is 5.91 Å². The summed E-state index contributed by atoms with van der Waals surface area (Å²) in [4.78, 5) is 14.8. The van der Waals surface area contributed by atoms with E-state index in [0.717, 1.165) is 16.9 Å². The summed E-state index contributed by atoms with van der Waals surface area (Å²) >= 11 is 0. The number of hydrogen-bond donors (Lipinski definition) is 0. The number of rotatable bonds is 4. The Kier molecular flexibility index (Phi) is 5.36. The smallest absolute Gasteiger partial charge is 0.264 e. The zero-order valence-electron chi connectivity index (χ0n) is 16.7. The summed E-state index contributed by atoms with van der Waals surface area (Å²) < 4.78 is 33.2. The highest BCUT2D eigenvalue weighted by atomic mass is 32.2. The molecular weight excluding hydrogens is 388 g/mol. The number of hydrogen-bond acceptors (Lipinski definition) is 4. The highest BCUT2D eigenvalue weighted by Crippen LogP contribution is 2.29. The number of para-hydroxylation sites is 1. The number of amides is 1. The largest absolute Gasteiger partial charge is 0.480 e. The Morgan fingerprint density at radius 2 is 1.66 bits per heavy atom. The molecule has 1 atom stereocenters. The van der Waals surface area contributed by atoms with Crippen LogP contribution in [0, 0.1) is 0 Å². The average molecular weight is 415 g/mol. The van der Waals surface area contributed by atoms with Crippen LogP contribution in [0.5, 0.6) is 5.75 Å². The van der Waals surface area contributed by atoms with Crippen LogP contribution < -0.4 is 4.74 Å². The number of carbonyl (C=O) groups excluding carboxylic acids is 1. The van der Waals surface area contributed by atoms with E-state index in [1.165, 1.54) is 4.31 Å². The van der Waals surface area contributed by atoms with Gasteiger partial charge in [-0.05, 0) is 35.2 Å². The van der Waals surface area contributed by atoms with Crippen molar-refractivity contribution in [2.45, 2.75) is 37.2 Å². The van der Waals surface area contributed by atoms with Crippen molar-refractivity contribution in [2.75, 3.05) is 26.2 Å². The third-order valence-electron chi connectivity index (χ3n) is 5.66. The standard InChI is InChI=1S/C22H26N2O4S/c1-16(2)17-7-9-19(10-8-17)29(26,27)24-13-11-23(12-14-24)22(25)21-15-18-5-3-4-6-20(18)28-21/h3-10,16,21H,11-15H2,1-2H3.